The van der Waals surface area contributed by atoms with Crippen LogP contribution >= 0.6 is 0 Å². The van der Waals surface area contributed by atoms with Crippen LogP contribution in [0.2, 0.25) is 0 Å². The highest BCUT2D eigenvalue weighted by molar-refractivity contribution is 5.22. The molecule has 0 saturated heterocycles. The zero-order chi connectivity index (χ0) is 11.2. The van der Waals surface area contributed by atoms with Gasteiger partial charge in [-0.2, -0.15) is 0 Å². The molecule has 4 unspecified atom stereocenters. The van der Waals surface area contributed by atoms with Gasteiger partial charge in [-0.15, -0.1) is 0 Å². The quantitative estimate of drug-likeness (QED) is 0.505. The SMILES string of the molecule is CC1CCC2C(CC=C3CCCCC32C)C1. The van der Waals surface area contributed by atoms with E-state index in [0.717, 1.165) is 17.8 Å². The van der Waals surface area contributed by atoms with Crippen molar-refractivity contribution in [2.45, 2.75) is 65.2 Å². The summed E-state index contributed by atoms with van der Waals surface area (Å²) >= 11 is 0. The molecule has 0 bridgehead atoms. The van der Waals surface area contributed by atoms with E-state index in [4.69, 9.17) is 0 Å². The molecule has 2 fully saturated rings. The van der Waals surface area contributed by atoms with E-state index in [9.17, 15) is 0 Å². The summed E-state index contributed by atoms with van der Waals surface area (Å²) in [5.41, 5.74) is 2.45. The Kier molecular flexibility index (Phi) is 2.64. The minimum absolute atomic E-state index is 0.612. The third kappa shape index (κ3) is 1.57. The molecule has 0 aliphatic heterocycles. The van der Waals surface area contributed by atoms with Crippen LogP contribution in [0, 0.1) is 23.2 Å². The van der Waals surface area contributed by atoms with Crippen molar-refractivity contribution in [1.82, 2.24) is 0 Å². The lowest BCUT2D eigenvalue weighted by Crippen LogP contribution is -2.42. The van der Waals surface area contributed by atoms with Crippen molar-refractivity contribution in [3.63, 3.8) is 0 Å². The van der Waals surface area contributed by atoms with E-state index < -0.39 is 0 Å². The molecule has 3 rings (SSSR count). The molecule has 2 saturated carbocycles. The smallest absolute Gasteiger partial charge is 0.00854 e. The minimum atomic E-state index is 0.612. The van der Waals surface area contributed by atoms with Crippen molar-refractivity contribution in [3.8, 4) is 0 Å². The van der Waals surface area contributed by atoms with E-state index in [1.54, 1.807) is 0 Å². The number of fused-ring (bicyclic) bond motifs is 3. The third-order valence-electron chi connectivity index (χ3n) is 5.86. The van der Waals surface area contributed by atoms with Crippen molar-refractivity contribution in [1.29, 1.82) is 0 Å². The minimum Gasteiger partial charge on any atom is -0.0845 e. The van der Waals surface area contributed by atoms with E-state index in [-0.39, 0.29) is 0 Å². The molecule has 0 aromatic heterocycles. The number of rotatable bonds is 0. The molecule has 4 atom stereocenters. The van der Waals surface area contributed by atoms with Crippen molar-refractivity contribution < 1.29 is 0 Å². The molecule has 3 aliphatic rings. The average molecular weight is 218 g/mol. The lowest BCUT2D eigenvalue weighted by atomic mass is 9.53. The lowest BCUT2D eigenvalue weighted by Gasteiger charge is -2.52. The standard InChI is InChI=1S/C16H26/c1-12-6-9-15-13(11-12)7-8-14-5-3-4-10-16(14,15)2/h8,12-13,15H,3-7,9-11H2,1-2H3. The molecule has 0 N–H and O–H groups in total. The van der Waals surface area contributed by atoms with Crippen molar-refractivity contribution in [2.24, 2.45) is 23.2 Å². The lowest BCUT2D eigenvalue weighted by molar-refractivity contribution is 0.0535. The van der Waals surface area contributed by atoms with Crippen LogP contribution in [-0.4, -0.2) is 0 Å². The van der Waals surface area contributed by atoms with Gasteiger partial charge in [-0.3, -0.25) is 0 Å². The van der Waals surface area contributed by atoms with Crippen LogP contribution in [0.4, 0.5) is 0 Å². The summed E-state index contributed by atoms with van der Waals surface area (Å²) in [6.07, 6.45) is 14.4. The molecule has 0 aromatic carbocycles. The molecule has 0 radical (unpaired) electrons. The predicted molar refractivity (Wildman–Crippen MR) is 69.3 cm³/mol. The van der Waals surface area contributed by atoms with Crippen molar-refractivity contribution in [3.05, 3.63) is 11.6 Å². The fourth-order valence-electron chi connectivity index (χ4n) is 4.90. The van der Waals surface area contributed by atoms with Gasteiger partial charge >= 0.3 is 0 Å². The first-order chi connectivity index (χ1) is 7.70. The zero-order valence-corrected chi connectivity index (χ0v) is 11.0. The van der Waals surface area contributed by atoms with Crippen LogP contribution in [0.1, 0.15) is 65.2 Å². The third-order valence-corrected chi connectivity index (χ3v) is 5.86. The molecule has 0 nitrogen and oxygen atoms in total. The molecule has 3 aliphatic carbocycles. The summed E-state index contributed by atoms with van der Waals surface area (Å²) in [5, 5.41) is 0. The van der Waals surface area contributed by atoms with Crippen molar-refractivity contribution in [2.75, 3.05) is 0 Å². The van der Waals surface area contributed by atoms with Gasteiger partial charge in [-0.1, -0.05) is 38.3 Å². The summed E-state index contributed by atoms with van der Waals surface area (Å²) < 4.78 is 0. The Morgan fingerprint density at radius 1 is 1.25 bits per heavy atom. The maximum Gasteiger partial charge on any atom is -0.00854 e. The Morgan fingerprint density at radius 2 is 2.12 bits per heavy atom. The van der Waals surface area contributed by atoms with Gasteiger partial charge in [0.25, 0.3) is 0 Å². The molecule has 0 amide bonds. The highest BCUT2D eigenvalue weighted by Crippen LogP contribution is 2.57. The van der Waals surface area contributed by atoms with Gasteiger partial charge in [0.1, 0.15) is 0 Å². The maximum atomic E-state index is 2.64. The monoisotopic (exact) mass is 218 g/mol. The highest BCUT2D eigenvalue weighted by Gasteiger charge is 2.46. The molecule has 0 aromatic rings. The fourth-order valence-corrected chi connectivity index (χ4v) is 4.90. The van der Waals surface area contributed by atoms with Crippen LogP contribution in [0.3, 0.4) is 0 Å². The second kappa shape index (κ2) is 3.89. The second-order valence-corrected chi connectivity index (χ2v) is 6.87. The van der Waals surface area contributed by atoms with Gasteiger partial charge in [-0.25, -0.2) is 0 Å². The Bertz CT molecular complexity index is 301. The molecule has 0 heterocycles. The first kappa shape index (κ1) is 10.9. The summed E-state index contributed by atoms with van der Waals surface area (Å²) in [6, 6.07) is 0. The van der Waals surface area contributed by atoms with E-state index in [1.807, 2.05) is 5.57 Å². The molecule has 90 valence electrons. The van der Waals surface area contributed by atoms with Crippen LogP contribution < -0.4 is 0 Å². The van der Waals surface area contributed by atoms with Gasteiger partial charge in [0.15, 0.2) is 0 Å². The summed E-state index contributed by atoms with van der Waals surface area (Å²) in [5.74, 6) is 3.04. The van der Waals surface area contributed by atoms with Gasteiger partial charge in [0.2, 0.25) is 0 Å². The number of hydrogen-bond acceptors (Lipinski definition) is 0. The van der Waals surface area contributed by atoms with Gasteiger partial charge < -0.3 is 0 Å². The Balaban J connectivity index is 1.89. The van der Waals surface area contributed by atoms with Crippen LogP contribution in [0.15, 0.2) is 11.6 Å². The first-order valence-corrected chi connectivity index (χ1v) is 7.39. The second-order valence-electron chi connectivity index (χ2n) is 6.87. The highest BCUT2D eigenvalue weighted by atomic mass is 14.5. The molecule has 16 heavy (non-hydrogen) atoms. The van der Waals surface area contributed by atoms with Crippen LogP contribution in [-0.2, 0) is 0 Å². The predicted octanol–water partition coefficient (Wildman–Crippen LogP) is 4.95. The Morgan fingerprint density at radius 3 is 3.00 bits per heavy atom. The molecule has 0 spiro atoms. The maximum absolute atomic E-state index is 2.64. The molecular weight excluding hydrogens is 192 g/mol. The first-order valence-electron chi connectivity index (χ1n) is 7.39. The Labute approximate surface area is 101 Å². The summed E-state index contributed by atoms with van der Waals surface area (Å²) in [4.78, 5) is 0. The van der Waals surface area contributed by atoms with Gasteiger partial charge in [0.05, 0.1) is 0 Å². The molecule has 0 heteroatoms. The Hall–Kier alpha value is -0.260. The average Bonchev–Trinajstić information content (AvgIpc) is 2.28. The zero-order valence-electron chi connectivity index (χ0n) is 11.0. The van der Waals surface area contributed by atoms with Gasteiger partial charge in [-0.05, 0) is 61.7 Å². The summed E-state index contributed by atoms with van der Waals surface area (Å²) in [7, 11) is 0. The normalized spacial score (nSPS) is 47.9. The van der Waals surface area contributed by atoms with Crippen LogP contribution in [0.5, 0.6) is 0 Å². The van der Waals surface area contributed by atoms with E-state index in [1.165, 1.54) is 51.4 Å². The topological polar surface area (TPSA) is 0 Å². The largest absolute Gasteiger partial charge is 0.0845 e. The van der Waals surface area contributed by atoms with Crippen LogP contribution in [0.25, 0.3) is 0 Å². The number of allylic oxidation sites excluding steroid dienone is 2. The van der Waals surface area contributed by atoms with Gasteiger partial charge in [0, 0.05) is 0 Å². The molecular formula is C16H26. The summed E-state index contributed by atoms with van der Waals surface area (Å²) in [6.45, 7) is 5.05. The van der Waals surface area contributed by atoms with E-state index in [2.05, 4.69) is 19.9 Å². The van der Waals surface area contributed by atoms with E-state index >= 15 is 0 Å². The van der Waals surface area contributed by atoms with E-state index in [0.29, 0.717) is 5.41 Å². The fraction of sp³-hybridized carbons (Fsp3) is 0.875. The van der Waals surface area contributed by atoms with Crippen molar-refractivity contribution >= 4 is 0 Å². The number of hydrogen-bond donors (Lipinski definition) is 0.